The van der Waals surface area contributed by atoms with Crippen molar-refractivity contribution in [3.8, 4) is 0 Å². The lowest BCUT2D eigenvalue weighted by Crippen LogP contribution is -2.29. The van der Waals surface area contributed by atoms with Crippen molar-refractivity contribution in [1.29, 1.82) is 0 Å². The van der Waals surface area contributed by atoms with Crippen LogP contribution in [0.2, 0.25) is 0 Å². The van der Waals surface area contributed by atoms with E-state index >= 15 is 0 Å². The van der Waals surface area contributed by atoms with Crippen LogP contribution in [0.1, 0.15) is 6.92 Å². The van der Waals surface area contributed by atoms with Crippen molar-refractivity contribution in [2.75, 3.05) is 13.2 Å². The zero-order valence-corrected chi connectivity index (χ0v) is 6.24. The van der Waals surface area contributed by atoms with Gasteiger partial charge in [-0.15, -0.1) is 0 Å². The van der Waals surface area contributed by atoms with Gasteiger partial charge in [0, 0.05) is 0 Å². The quantitative estimate of drug-likeness (QED) is 0.545. The molecule has 0 aliphatic carbocycles. The highest BCUT2D eigenvalue weighted by molar-refractivity contribution is 5.67. The molecule has 2 N–H and O–H groups in total. The van der Waals surface area contributed by atoms with E-state index in [9.17, 15) is 4.79 Å². The van der Waals surface area contributed by atoms with Crippen LogP contribution >= 0.6 is 0 Å². The molecule has 1 rings (SSSR count). The minimum atomic E-state index is -0.506. The Hall–Kier alpha value is -0.810. The van der Waals surface area contributed by atoms with Gasteiger partial charge in [-0.25, -0.2) is 4.79 Å². The second-order valence-corrected chi connectivity index (χ2v) is 2.14. The lowest BCUT2D eigenvalue weighted by atomic mass is 10.4. The summed E-state index contributed by atoms with van der Waals surface area (Å²) in [5, 5.41) is 10.9. The maximum atomic E-state index is 10.7. The average molecular weight is 161 g/mol. The van der Waals surface area contributed by atoms with E-state index in [1.807, 2.05) is 0 Å². The maximum Gasteiger partial charge on any atom is 0.409 e. The second kappa shape index (κ2) is 3.54. The molecule has 1 fully saturated rings. The summed E-state index contributed by atoms with van der Waals surface area (Å²) in [5.41, 5.74) is 0. The molecule has 1 heterocycles. The van der Waals surface area contributed by atoms with Crippen molar-refractivity contribution >= 4 is 6.09 Å². The van der Waals surface area contributed by atoms with Crippen molar-refractivity contribution < 1.29 is 19.4 Å². The van der Waals surface area contributed by atoms with Crippen molar-refractivity contribution in [1.82, 2.24) is 5.32 Å². The molecule has 0 spiro atoms. The minimum absolute atomic E-state index is 0.0723. The van der Waals surface area contributed by atoms with E-state index in [4.69, 9.17) is 9.84 Å². The van der Waals surface area contributed by atoms with Gasteiger partial charge in [0.25, 0.3) is 0 Å². The first kappa shape index (κ1) is 8.29. The first-order valence-electron chi connectivity index (χ1n) is 3.47. The van der Waals surface area contributed by atoms with Crippen LogP contribution in [0, 0.1) is 0 Å². The highest BCUT2D eigenvalue weighted by atomic mass is 16.6. The Balaban J connectivity index is 2.08. The number of epoxide rings is 1. The Bertz CT molecular complexity index is 150. The second-order valence-electron chi connectivity index (χ2n) is 2.14. The van der Waals surface area contributed by atoms with E-state index in [1.165, 1.54) is 0 Å². The fourth-order valence-corrected chi connectivity index (χ4v) is 0.698. The van der Waals surface area contributed by atoms with E-state index in [0.29, 0.717) is 6.61 Å². The number of nitrogens with one attached hydrogen (secondary N) is 1. The van der Waals surface area contributed by atoms with Gasteiger partial charge in [0.1, 0.15) is 6.10 Å². The van der Waals surface area contributed by atoms with Gasteiger partial charge in [-0.05, 0) is 6.92 Å². The molecule has 5 heteroatoms. The number of aliphatic hydroxyl groups is 1. The molecule has 0 bridgehead atoms. The molecular formula is C6H11NO4. The molecule has 0 saturated carbocycles. The molecule has 2 unspecified atom stereocenters. The molecular weight excluding hydrogens is 150 g/mol. The number of hydrogen-bond acceptors (Lipinski definition) is 4. The van der Waals surface area contributed by atoms with Gasteiger partial charge >= 0.3 is 6.09 Å². The zero-order valence-electron chi connectivity index (χ0n) is 6.24. The van der Waals surface area contributed by atoms with Gasteiger partial charge in [0.05, 0.1) is 13.2 Å². The normalized spacial score (nSPS) is 27.8. The van der Waals surface area contributed by atoms with Gasteiger partial charge in [0.2, 0.25) is 0 Å². The number of amides is 1. The molecule has 1 aliphatic rings. The number of carbonyl (C=O) groups excluding carboxylic acids is 1. The number of ether oxygens (including phenoxy) is 2. The lowest BCUT2D eigenvalue weighted by Gasteiger charge is -2.00. The number of carbonyl (C=O) groups is 1. The van der Waals surface area contributed by atoms with Crippen LogP contribution in [0.3, 0.4) is 0 Å². The molecule has 1 aliphatic heterocycles. The Labute approximate surface area is 64.3 Å². The van der Waals surface area contributed by atoms with Crippen LogP contribution in [0.4, 0.5) is 4.79 Å². The summed E-state index contributed by atoms with van der Waals surface area (Å²) in [7, 11) is 0. The fraction of sp³-hybridized carbons (Fsp3) is 0.833. The highest BCUT2D eigenvalue weighted by Gasteiger charge is 2.39. The van der Waals surface area contributed by atoms with Crippen LogP contribution in [0.5, 0.6) is 0 Å². The van der Waals surface area contributed by atoms with Gasteiger partial charge in [-0.1, -0.05) is 0 Å². The van der Waals surface area contributed by atoms with Gasteiger partial charge in [0.15, 0.2) is 6.23 Å². The number of aliphatic hydroxyl groups excluding tert-OH is 1. The van der Waals surface area contributed by atoms with Gasteiger partial charge in [-0.3, -0.25) is 5.32 Å². The van der Waals surface area contributed by atoms with Crippen LogP contribution in [-0.4, -0.2) is 36.7 Å². The summed E-state index contributed by atoms with van der Waals surface area (Å²) in [4.78, 5) is 10.7. The first-order valence-corrected chi connectivity index (χ1v) is 3.47. The molecule has 1 amide bonds. The Morgan fingerprint density at radius 3 is 3.00 bits per heavy atom. The molecule has 0 radical (unpaired) electrons. The molecule has 2 atom stereocenters. The van der Waals surface area contributed by atoms with Gasteiger partial charge in [-0.2, -0.15) is 0 Å². The highest BCUT2D eigenvalue weighted by Crippen LogP contribution is 2.17. The fourth-order valence-electron chi connectivity index (χ4n) is 0.698. The largest absolute Gasteiger partial charge is 0.450 e. The Morgan fingerprint density at radius 1 is 1.82 bits per heavy atom. The van der Waals surface area contributed by atoms with E-state index in [0.717, 1.165) is 0 Å². The first-order chi connectivity index (χ1) is 5.27. The molecule has 0 aromatic carbocycles. The molecule has 64 valence electrons. The van der Waals surface area contributed by atoms with Crippen LogP contribution in [0.15, 0.2) is 0 Å². The molecule has 1 saturated heterocycles. The smallest absolute Gasteiger partial charge is 0.409 e. The van der Waals surface area contributed by atoms with Gasteiger partial charge < -0.3 is 14.6 Å². The maximum absolute atomic E-state index is 10.7. The third-order valence-corrected chi connectivity index (χ3v) is 1.30. The van der Waals surface area contributed by atoms with Crippen molar-refractivity contribution in [2.24, 2.45) is 0 Å². The predicted molar refractivity (Wildman–Crippen MR) is 35.9 cm³/mol. The van der Waals surface area contributed by atoms with Crippen molar-refractivity contribution in [3.63, 3.8) is 0 Å². The summed E-state index contributed by atoms with van der Waals surface area (Å²) >= 11 is 0. The van der Waals surface area contributed by atoms with E-state index in [1.54, 1.807) is 6.92 Å². The summed E-state index contributed by atoms with van der Waals surface area (Å²) in [6.45, 7) is 1.98. The van der Waals surface area contributed by atoms with Crippen molar-refractivity contribution in [3.05, 3.63) is 0 Å². The lowest BCUT2D eigenvalue weighted by molar-refractivity contribution is 0.147. The minimum Gasteiger partial charge on any atom is -0.450 e. The van der Waals surface area contributed by atoms with Crippen molar-refractivity contribution in [2.45, 2.75) is 19.3 Å². The SMILES string of the molecule is CCOC(=O)NC1OC1CO. The molecule has 11 heavy (non-hydrogen) atoms. The average Bonchev–Trinajstić information content (AvgIpc) is 2.68. The Morgan fingerprint density at radius 2 is 2.55 bits per heavy atom. The summed E-state index contributed by atoms with van der Waals surface area (Å²) in [6, 6.07) is 0. The summed E-state index contributed by atoms with van der Waals surface area (Å²) in [6.07, 6.45) is -1.12. The number of rotatable bonds is 3. The molecule has 5 nitrogen and oxygen atoms in total. The van der Waals surface area contributed by atoms with Crippen LogP contribution in [0.25, 0.3) is 0 Å². The number of hydrogen-bond donors (Lipinski definition) is 2. The predicted octanol–water partition coefficient (Wildman–Crippen LogP) is -0.550. The van der Waals surface area contributed by atoms with E-state index < -0.39 is 6.09 Å². The molecule has 0 aromatic heterocycles. The third-order valence-electron chi connectivity index (χ3n) is 1.30. The van der Waals surface area contributed by atoms with Crippen LogP contribution < -0.4 is 5.32 Å². The Kier molecular flexibility index (Phi) is 2.67. The van der Waals surface area contributed by atoms with Crippen LogP contribution in [-0.2, 0) is 9.47 Å². The summed E-state index contributed by atoms with van der Waals surface area (Å²) < 4.78 is 9.40. The monoisotopic (exact) mass is 161 g/mol. The topological polar surface area (TPSA) is 71.1 Å². The number of alkyl carbamates (subject to hydrolysis) is 1. The zero-order chi connectivity index (χ0) is 8.27. The molecule has 0 aromatic rings. The summed E-state index contributed by atoms with van der Waals surface area (Å²) in [5.74, 6) is 0. The van der Waals surface area contributed by atoms with E-state index in [-0.39, 0.29) is 18.9 Å². The third kappa shape index (κ3) is 2.36. The van der Waals surface area contributed by atoms with E-state index in [2.05, 4.69) is 10.1 Å². The standard InChI is InChI=1S/C6H11NO4/c1-2-10-6(9)7-5-4(3-8)11-5/h4-5,8H,2-3H2,1H3,(H,7,9).